The summed E-state index contributed by atoms with van der Waals surface area (Å²) >= 11 is 0. The Labute approximate surface area is 124 Å². The number of likely N-dealkylation sites (N-methyl/N-ethyl adjacent to an activating group) is 1. The number of carbonyl (C=O) groups is 1. The van der Waals surface area contributed by atoms with Crippen molar-refractivity contribution in [3.63, 3.8) is 0 Å². The molecule has 1 aromatic heterocycles. The number of ether oxygens (including phenoxy) is 1. The molecule has 1 N–H and O–H groups in total. The molecule has 1 unspecified atom stereocenters. The maximum Gasteiger partial charge on any atom is 0.354 e. The van der Waals surface area contributed by atoms with Crippen LogP contribution in [0.1, 0.15) is 24.3 Å². The van der Waals surface area contributed by atoms with Crippen molar-refractivity contribution in [2.45, 2.75) is 19.9 Å². The van der Waals surface area contributed by atoms with Gasteiger partial charge in [-0.05, 0) is 25.3 Å². The number of rotatable bonds is 6. The van der Waals surface area contributed by atoms with E-state index in [9.17, 15) is 9.90 Å². The Bertz CT molecular complexity index is 642. The third-order valence-corrected chi connectivity index (χ3v) is 3.49. The van der Waals surface area contributed by atoms with E-state index in [-0.39, 0.29) is 11.7 Å². The molecule has 2 rings (SSSR count). The Morgan fingerprint density at radius 1 is 1.43 bits per heavy atom. The first-order chi connectivity index (χ1) is 10.1. The van der Waals surface area contributed by atoms with Crippen molar-refractivity contribution in [2.75, 3.05) is 25.2 Å². The predicted octanol–water partition coefficient (Wildman–Crippen LogP) is 2.79. The molecule has 0 radical (unpaired) electrons. The van der Waals surface area contributed by atoms with Crippen molar-refractivity contribution >= 4 is 22.6 Å². The normalized spacial score (nSPS) is 12.3. The van der Waals surface area contributed by atoms with Crippen molar-refractivity contribution in [3.8, 4) is 0 Å². The molecule has 0 aliphatic heterocycles. The number of hydrogen-bond acceptors (Lipinski definition) is 4. The number of methoxy groups -OCH3 is 1. The highest BCUT2D eigenvalue weighted by molar-refractivity contribution is 5.98. The maximum absolute atomic E-state index is 11.3. The molecule has 0 saturated carbocycles. The molecule has 0 amide bonds. The van der Waals surface area contributed by atoms with Crippen molar-refractivity contribution in [2.24, 2.45) is 0 Å². The number of fused-ring (bicyclic) bond motifs is 1. The van der Waals surface area contributed by atoms with Crippen molar-refractivity contribution in [3.05, 3.63) is 36.0 Å². The molecule has 1 heterocycles. The van der Waals surface area contributed by atoms with E-state index in [0.29, 0.717) is 12.4 Å². The Hall–Kier alpha value is -2.14. The molecule has 5 heteroatoms. The summed E-state index contributed by atoms with van der Waals surface area (Å²) in [5.74, 6) is -0.324. The van der Waals surface area contributed by atoms with Gasteiger partial charge in [0.05, 0.1) is 12.6 Å². The van der Waals surface area contributed by atoms with E-state index in [2.05, 4.69) is 9.88 Å². The molecule has 2 aromatic rings. The second kappa shape index (κ2) is 6.54. The van der Waals surface area contributed by atoms with E-state index in [4.69, 9.17) is 4.74 Å². The summed E-state index contributed by atoms with van der Waals surface area (Å²) in [6.07, 6.45) is 0. The quantitative estimate of drug-likeness (QED) is 0.885. The molecule has 0 bridgehead atoms. The minimum Gasteiger partial charge on any atom is -0.477 e. The number of aromatic carboxylic acids is 1. The van der Waals surface area contributed by atoms with E-state index >= 15 is 0 Å². The predicted molar refractivity (Wildman–Crippen MR) is 83.1 cm³/mol. The average molecular weight is 288 g/mol. The lowest BCUT2D eigenvalue weighted by Crippen LogP contribution is -2.37. The Kier molecular flexibility index (Phi) is 4.75. The van der Waals surface area contributed by atoms with E-state index in [1.165, 1.54) is 0 Å². The van der Waals surface area contributed by atoms with E-state index in [1.54, 1.807) is 13.2 Å². The second-order valence-electron chi connectivity index (χ2n) is 4.95. The van der Waals surface area contributed by atoms with E-state index in [1.807, 2.05) is 38.1 Å². The first kappa shape index (κ1) is 15.3. The summed E-state index contributed by atoms with van der Waals surface area (Å²) in [4.78, 5) is 17.7. The summed E-state index contributed by atoms with van der Waals surface area (Å²) in [6, 6.07) is 9.42. The number of carboxylic acid groups (broad SMARTS) is 1. The van der Waals surface area contributed by atoms with Gasteiger partial charge in [-0.1, -0.05) is 24.3 Å². The van der Waals surface area contributed by atoms with Crippen LogP contribution in [0, 0.1) is 0 Å². The van der Waals surface area contributed by atoms with E-state index in [0.717, 1.165) is 17.3 Å². The molecule has 0 spiro atoms. The number of aromatic nitrogens is 1. The fourth-order valence-electron chi connectivity index (χ4n) is 2.51. The molecule has 1 atom stereocenters. The van der Waals surface area contributed by atoms with E-state index < -0.39 is 5.97 Å². The molecular formula is C16H20N2O3. The molecule has 5 nitrogen and oxygen atoms in total. The first-order valence-corrected chi connectivity index (χ1v) is 6.97. The summed E-state index contributed by atoms with van der Waals surface area (Å²) in [7, 11) is 1.66. The summed E-state index contributed by atoms with van der Waals surface area (Å²) in [6.45, 7) is 5.35. The van der Waals surface area contributed by atoms with Crippen LogP contribution in [-0.4, -0.2) is 42.4 Å². The molecule has 0 saturated heterocycles. The van der Waals surface area contributed by atoms with Crippen LogP contribution in [0.25, 0.3) is 10.8 Å². The summed E-state index contributed by atoms with van der Waals surface area (Å²) in [5.41, 5.74) is 0.0618. The molecular weight excluding hydrogens is 268 g/mol. The van der Waals surface area contributed by atoms with Gasteiger partial charge in [0.1, 0.15) is 5.82 Å². The minimum absolute atomic E-state index is 0.0618. The van der Waals surface area contributed by atoms with Gasteiger partial charge < -0.3 is 14.7 Å². The maximum atomic E-state index is 11.3. The van der Waals surface area contributed by atoms with Gasteiger partial charge in [0.2, 0.25) is 0 Å². The van der Waals surface area contributed by atoms with Crippen LogP contribution in [0.4, 0.5) is 5.82 Å². The number of pyridine rings is 1. The number of hydrogen-bond donors (Lipinski definition) is 1. The summed E-state index contributed by atoms with van der Waals surface area (Å²) < 4.78 is 5.21. The van der Waals surface area contributed by atoms with Crippen LogP contribution in [0.3, 0.4) is 0 Å². The molecule has 0 fully saturated rings. The smallest absolute Gasteiger partial charge is 0.354 e. The van der Waals surface area contributed by atoms with Gasteiger partial charge in [0.15, 0.2) is 5.69 Å². The third kappa shape index (κ3) is 3.13. The topological polar surface area (TPSA) is 62.7 Å². The zero-order chi connectivity index (χ0) is 15.4. The van der Waals surface area contributed by atoms with Gasteiger partial charge in [-0.15, -0.1) is 0 Å². The standard InChI is InChI=1S/C16H20N2O3/c1-4-18(11(2)10-21-3)15-13-8-6-5-7-12(13)9-14(17-15)16(19)20/h5-9,11H,4,10H2,1-3H3,(H,19,20). The van der Waals surface area contributed by atoms with Gasteiger partial charge >= 0.3 is 5.97 Å². The monoisotopic (exact) mass is 288 g/mol. The third-order valence-electron chi connectivity index (χ3n) is 3.49. The van der Waals surface area contributed by atoms with Crippen LogP contribution in [0.2, 0.25) is 0 Å². The number of nitrogens with zero attached hydrogens (tertiary/aromatic N) is 2. The number of anilines is 1. The fraction of sp³-hybridized carbons (Fsp3) is 0.375. The lowest BCUT2D eigenvalue weighted by Gasteiger charge is -2.29. The van der Waals surface area contributed by atoms with Crippen LogP contribution in [0.15, 0.2) is 30.3 Å². The molecule has 112 valence electrons. The van der Waals surface area contributed by atoms with Crippen LogP contribution < -0.4 is 4.90 Å². The molecule has 0 aliphatic carbocycles. The number of carboxylic acids is 1. The highest BCUT2D eigenvalue weighted by Crippen LogP contribution is 2.27. The lowest BCUT2D eigenvalue weighted by atomic mass is 10.1. The van der Waals surface area contributed by atoms with Crippen molar-refractivity contribution in [1.29, 1.82) is 0 Å². The molecule has 0 aliphatic rings. The largest absolute Gasteiger partial charge is 0.477 e. The molecule has 21 heavy (non-hydrogen) atoms. The first-order valence-electron chi connectivity index (χ1n) is 6.97. The van der Waals surface area contributed by atoms with Gasteiger partial charge in [-0.25, -0.2) is 9.78 Å². The second-order valence-corrected chi connectivity index (χ2v) is 4.95. The van der Waals surface area contributed by atoms with Gasteiger partial charge in [0.25, 0.3) is 0 Å². The van der Waals surface area contributed by atoms with Gasteiger partial charge in [-0.2, -0.15) is 0 Å². The average Bonchev–Trinajstić information content (AvgIpc) is 2.48. The Morgan fingerprint density at radius 2 is 2.14 bits per heavy atom. The van der Waals surface area contributed by atoms with Gasteiger partial charge in [0, 0.05) is 19.0 Å². The van der Waals surface area contributed by atoms with Crippen molar-refractivity contribution < 1.29 is 14.6 Å². The lowest BCUT2D eigenvalue weighted by molar-refractivity contribution is 0.0691. The zero-order valence-corrected chi connectivity index (χ0v) is 12.5. The van der Waals surface area contributed by atoms with Crippen molar-refractivity contribution in [1.82, 2.24) is 4.98 Å². The number of benzene rings is 1. The minimum atomic E-state index is -1.02. The van der Waals surface area contributed by atoms with Gasteiger partial charge in [-0.3, -0.25) is 0 Å². The Morgan fingerprint density at radius 3 is 2.76 bits per heavy atom. The van der Waals surface area contributed by atoms with Crippen LogP contribution >= 0.6 is 0 Å². The highest BCUT2D eigenvalue weighted by Gasteiger charge is 2.19. The highest BCUT2D eigenvalue weighted by atomic mass is 16.5. The van der Waals surface area contributed by atoms with Crippen LogP contribution in [0.5, 0.6) is 0 Å². The summed E-state index contributed by atoms with van der Waals surface area (Å²) in [5, 5.41) is 11.1. The van der Waals surface area contributed by atoms with Crippen LogP contribution in [-0.2, 0) is 4.74 Å². The molecule has 1 aromatic carbocycles. The zero-order valence-electron chi connectivity index (χ0n) is 12.5. The fourth-order valence-corrected chi connectivity index (χ4v) is 2.51. The SMILES string of the molecule is CCN(c1nc(C(=O)O)cc2ccccc12)C(C)COC. The Balaban J connectivity index is 2.61.